The third-order valence-electron chi connectivity index (χ3n) is 12.4. The maximum Gasteiger partial charge on any atom is 0.138 e. The second-order valence-electron chi connectivity index (χ2n) is 13.7. The van der Waals surface area contributed by atoms with Crippen molar-refractivity contribution in [2.75, 3.05) is 0 Å². The molecule has 0 saturated heterocycles. The van der Waals surface area contributed by atoms with Crippen molar-refractivity contribution in [3.8, 4) is 0 Å². The van der Waals surface area contributed by atoms with E-state index in [4.69, 9.17) is 0 Å². The predicted molar refractivity (Wildman–Crippen MR) is 125 cm³/mol. The first-order valence-corrected chi connectivity index (χ1v) is 13.1. The van der Waals surface area contributed by atoms with Crippen LogP contribution in [-0.4, -0.2) is 12.1 Å². The van der Waals surface area contributed by atoms with Gasteiger partial charge in [-0.1, -0.05) is 53.2 Å². The zero-order valence-corrected chi connectivity index (χ0v) is 20.9. The molecule has 5 rings (SSSR count). The molecule has 0 amide bonds. The molecule has 0 spiro atoms. The van der Waals surface area contributed by atoms with Crippen LogP contribution in [0.3, 0.4) is 0 Å². The van der Waals surface area contributed by atoms with Gasteiger partial charge in [0.15, 0.2) is 0 Å². The number of carbonyl (C=O) groups is 2. The number of fused-ring (bicyclic) bond motifs is 7. The SMILES string of the molecule is C[C@H]1CC[C@]2(C=O)CC[C@@]3(C)C(=CCC4[C@@]5(C)CCC(=O)C(C)(C)C5CC[C@]43C)[C@@H]2C1. The molecule has 2 nitrogen and oxygen atoms in total. The standard InChI is InChI=1S/C29H44O2/c1-19-9-14-29(18-30)16-15-27(5)20(21(29)17-19)7-8-23-26(4)12-11-24(31)25(2,3)22(26)10-13-28(23,27)6/h7,18-19,21-23H,8-17H2,1-6H3/t19-,21-,22?,23?,26-,27-,28+,29+/m0/s1. The molecule has 0 heterocycles. The van der Waals surface area contributed by atoms with E-state index in [0.717, 1.165) is 38.0 Å². The lowest BCUT2D eigenvalue weighted by Gasteiger charge is -2.70. The Balaban J connectivity index is 1.59. The van der Waals surface area contributed by atoms with Crippen LogP contribution in [0.4, 0.5) is 0 Å². The second-order valence-corrected chi connectivity index (χ2v) is 13.7. The fraction of sp³-hybridized carbons (Fsp3) is 0.862. The summed E-state index contributed by atoms with van der Waals surface area (Å²) in [5, 5.41) is 0. The van der Waals surface area contributed by atoms with E-state index in [0.29, 0.717) is 23.5 Å². The number of hydrogen-bond acceptors (Lipinski definition) is 2. The molecule has 0 aromatic heterocycles. The number of allylic oxidation sites excluding steroid dienone is 2. The van der Waals surface area contributed by atoms with Gasteiger partial charge >= 0.3 is 0 Å². The molecule has 5 aliphatic rings. The van der Waals surface area contributed by atoms with Crippen molar-refractivity contribution in [1.29, 1.82) is 0 Å². The summed E-state index contributed by atoms with van der Waals surface area (Å²) in [6, 6.07) is 0. The van der Waals surface area contributed by atoms with E-state index >= 15 is 0 Å². The molecule has 8 atom stereocenters. The predicted octanol–water partition coefficient (Wildman–Crippen LogP) is 7.17. The minimum atomic E-state index is -0.183. The van der Waals surface area contributed by atoms with Gasteiger partial charge in [0.05, 0.1) is 0 Å². The lowest BCUT2D eigenvalue weighted by atomic mass is 9.34. The Morgan fingerprint density at radius 1 is 0.935 bits per heavy atom. The smallest absolute Gasteiger partial charge is 0.138 e. The molecule has 0 aliphatic heterocycles. The maximum absolute atomic E-state index is 12.9. The first-order chi connectivity index (χ1) is 14.4. The number of rotatable bonds is 1. The third-order valence-corrected chi connectivity index (χ3v) is 12.4. The molecule has 0 bridgehead atoms. The minimum Gasteiger partial charge on any atom is -0.303 e. The Morgan fingerprint density at radius 2 is 1.68 bits per heavy atom. The average Bonchev–Trinajstić information content (AvgIpc) is 2.72. The van der Waals surface area contributed by atoms with Crippen molar-refractivity contribution in [1.82, 2.24) is 0 Å². The van der Waals surface area contributed by atoms with Crippen molar-refractivity contribution < 1.29 is 9.59 Å². The zero-order valence-electron chi connectivity index (χ0n) is 20.9. The van der Waals surface area contributed by atoms with Gasteiger partial charge in [0, 0.05) is 17.3 Å². The molecule has 0 N–H and O–H groups in total. The largest absolute Gasteiger partial charge is 0.303 e. The molecule has 172 valence electrons. The Kier molecular flexibility index (Phi) is 4.64. The number of aldehydes is 1. The van der Waals surface area contributed by atoms with Gasteiger partial charge in [-0.3, -0.25) is 4.79 Å². The molecule has 2 unspecified atom stereocenters. The monoisotopic (exact) mass is 424 g/mol. The molecule has 0 radical (unpaired) electrons. The van der Waals surface area contributed by atoms with Crippen LogP contribution in [0.2, 0.25) is 0 Å². The van der Waals surface area contributed by atoms with E-state index < -0.39 is 0 Å². The van der Waals surface area contributed by atoms with Crippen LogP contribution in [0.1, 0.15) is 106 Å². The molecule has 0 aromatic carbocycles. The second kappa shape index (κ2) is 6.57. The van der Waals surface area contributed by atoms with E-state index in [-0.39, 0.29) is 27.1 Å². The number of hydrogen-bond donors (Lipinski definition) is 0. The van der Waals surface area contributed by atoms with Crippen molar-refractivity contribution >= 4 is 12.1 Å². The number of carbonyl (C=O) groups excluding carboxylic acids is 2. The summed E-state index contributed by atoms with van der Waals surface area (Å²) in [7, 11) is 0. The Morgan fingerprint density at radius 3 is 2.39 bits per heavy atom. The molecule has 31 heavy (non-hydrogen) atoms. The topological polar surface area (TPSA) is 34.1 Å². The highest BCUT2D eigenvalue weighted by atomic mass is 16.1. The first kappa shape index (κ1) is 21.9. The highest BCUT2D eigenvalue weighted by Crippen LogP contribution is 2.74. The Bertz CT molecular complexity index is 838. The van der Waals surface area contributed by atoms with Crippen molar-refractivity contribution in [2.45, 2.75) is 106 Å². The van der Waals surface area contributed by atoms with Crippen molar-refractivity contribution in [3.63, 3.8) is 0 Å². The lowest BCUT2D eigenvalue weighted by molar-refractivity contribution is -0.183. The summed E-state index contributed by atoms with van der Waals surface area (Å²) in [6.45, 7) is 14.6. The molecule has 4 fully saturated rings. The molecule has 5 aliphatic carbocycles. The van der Waals surface area contributed by atoms with Crippen LogP contribution in [0.15, 0.2) is 11.6 Å². The quantitative estimate of drug-likeness (QED) is 0.330. The van der Waals surface area contributed by atoms with Crippen LogP contribution in [0.25, 0.3) is 0 Å². The van der Waals surface area contributed by atoms with Crippen LogP contribution in [-0.2, 0) is 9.59 Å². The van der Waals surface area contributed by atoms with Crippen molar-refractivity contribution in [3.05, 3.63) is 11.6 Å². The van der Waals surface area contributed by atoms with Gasteiger partial charge in [-0.15, -0.1) is 0 Å². The van der Waals surface area contributed by atoms with Crippen LogP contribution >= 0.6 is 0 Å². The Labute approximate surface area is 190 Å². The number of ketones is 1. The Hall–Kier alpha value is -0.920. The third kappa shape index (κ3) is 2.57. The van der Waals surface area contributed by atoms with Gasteiger partial charge < -0.3 is 4.79 Å². The highest BCUT2D eigenvalue weighted by Gasteiger charge is 2.68. The van der Waals surface area contributed by atoms with E-state index in [9.17, 15) is 9.59 Å². The summed E-state index contributed by atoms with van der Waals surface area (Å²) in [4.78, 5) is 25.3. The van der Waals surface area contributed by atoms with E-state index in [2.05, 4.69) is 47.6 Å². The minimum absolute atomic E-state index is 0.0958. The van der Waals surface area contributed by atoms with Gasteiger partial charge in [0.25, 0.3) is 0 Å². The lowest BCUT2D eigenvalue weighted by Crippen LogP contribution is -2.64. The van der Waals surface area contributed by atoms with Crippen LogP contribution < -0.4 is 0 Å². The summed E-state index contributed by atoms with van der Waals surface area (Å²) in [5.74, 6) is 2.82. The molecular weight excluding hydrogens is 380 g/mol. The molecular formula is C29H44O2. The molecule has 4 saturated carbocycles. The van der Waals surface area contributed by atoms with Crippen LogP contribution in [0.5, 0.6) is 0 Å². The van der Waals surface area contributed by atoms with E-state index in [1.54, 1.807) is 5.57 Å². The van der Waals surface area contributed by atoms with E-state index in [1.807, 2.05) is 0 Å². The maximum atomic E-state index is 12.9. The first-order valence-electron chi connectivity index (χ1n) is 13.1. The summed E-state index contributed by atoms with van der Waals surface area (Å²) < 4.78 is 0. The van der Waals surface area contributed by atoms with Gasteiger partial charge in [-0.25, -0.2) is 0 Å². The normalized spacial score (nSPS) is 53.4. The van der Waals surface area contributed by atoms with Crippen molar-refractivity contribution in [2.24, 2.45) is 50.7 Å². The van der Waals surface area contributed by atoms with Gasteiger partial charge in [0.2, 0.25) is 0 Å². The molecule has 2 heteroatoms. The van der Waals surface area contributed by atoms with Gasteiger partial charge in [-0.2, -0.15) is 0 Å². The summed E-state index contributed by atoms with van der Waals surface area (Å²) in [5.41, 5.74) is 2.09. The van der Waals surface area contributed by atoms with Gasteiger partial charge in [-0.05, 0) is 97.7 Å². The van der Waals surface area contributed by atoms with Crippen LogP contribution in [0, 0.1) is 50.7 Å². The summed E-state index contributed by atoms with van der Waals surface area (Å²) >= 11 is 0. The fourth-order valence-electron chi connectivity index (χ4n) is 10.2. The number of Topliss-reactive ketones (excluding diaryl/α,β-unsaturated/α-hetero) is 1. The highest BCUT2D eigenvalue weighted by molar-refractivity contribution is 5.85. The van der Waals surface area contributed by atoms with E-state index in [1.165, 1.54) is 38.4 Å². The molecule has 0 aromatic rings. The summed E-state index contributed by atoms with van der Waals surface area (Å²) in [6.07, 6.45) is 15.1. The van der Waals surface area contributed by atoms with Gasteiger partial charge in [0.1, 0.15) is 12.1 Å². The fourth-order valence-corrected chi connectivity index (χ4v) is 10.2. The average molecular weight is 425 g/mol. The zero-order chi connectivity index (χ0) is 22.4.